The first-order chi connectivity index (χ1) is 8.26. The molecule has 1 aromatic heterocycles. The molecule has 0 radical (unpaired) electrons. The van der Waals surface area contributed by atoms with E-state index in [1.54, 1.807) is 13.8 Å². The third-order valence-corrected chi connectivity index (χ3v) is 2.38. The van der Waals surface area contributed by atoms with Crippen molar-refractivity contribution in [2.75, 3.05) is 12.3 Å². The SMILES string of the molecule is CCn1nc(C)c(N)c1C(=O)NCCC(F)(F)F. The Balaban J connectivity index is 2.73. The van der Waals surface area contributed by atoms with E-state index in [1.165, 1.54) is 4.68 Å². The van der Waals surface area contributed by atoms with Crippen LogP contribution in [-0.2, 0) is 6.54 Å². The van der Waals surface area contributed by atoms with Crippen LogP contribution in [0.15, 0.2) is 0 Å². The Morgan fingerprint density at radius 1 is 1.50 bits per heavy atom. The summed E-state index contributed by atoms with van der Waals surface area (Å²) in [5.41, 5.74) is 6.46. The zero-order valence-corrected chi connectivity index (χ0v) is 10.1. The van der Waals surface area contributed by atoms with Crippen LogP contribution in [0.25, 0.3) is 0 Å². The number of nitrogens with one attached hydrogen (secondary N) is 1. The Morgan fingerprint density at radius 3 is 2.61 bits per heavy atom. The summed E-state index contributed by atoms with van der Waals surface area (Å²) in [6, 6.07) is 0. The molecule has 1 heterocycles. The van der Waals surface area contributed by atoms with Crippen LogP contribution in [0.3, 0.4) is 0 Å². The van der Waals surface area contributed by atoms with E-state index < -0.39 is 25.0 Å². The fourth-order valence-electron chi connectivity index (χ4n) is 1.47. The summed E-state index contributed by atoms with van der Waals surface area (Å²) in [5.74, 6) is -0.640. The number of hydrogen-bond donors (Lipinski definition) is 2. The highest BCUT2D eigenvalue weighted by Gasteiger charge is 2.27. The van der Waals surface area contributed by atoms with Crippen LogP contribution in [0, 0.1) is 6.92 Å². The molecule has 0 unspecified atom stereocenters. The number of anilines is 1. The lowest BCUT2D eigenvalue weighted by Gasteiger charge is -2.09. The van der Waals surface area contributed by atoms with Crippen molar-refractivity contribution in [2.24, 2.45) is 0 Å². The van der Waals surface area contributed by atoms with Crippen LogP contribution in [0.1, 0.15) is 29.5 Å². The number of nitrogen functional groups attached to an aromatic ring is 1. The van der Waals surface area contributed by atoms with Gasteiger partial charge >= 0.3 is 6.18 Å². The van der Waals surface area contributed by atoms with Crippen LogP contribution in [0.5, 0.6) is 0 Å². The molecule has 102 valence electrons. The second-order valence-corrected chi connectivity index (χ2v) is 3.78. The minimum Gasteiger partial charge on any atom is -0.395 e. The van der Waals surface area contributed by atoms with E-state index in [2.05, 4.69) is 10.4 Å². The van der Waals surface area contributed by atoms with Gasteiger partial charge in [0.15, 0.2) is 0 Å². The van der Waals surface area contributed by atoms with Crippen LogP contribution >= 0.6 is 0 Å². The first-order valence-corrected chi connectivity index (χ1v) is 5.44. The van der Waals surface area contributed by atoms with E-state index in [0.717, 1.165) is 0 Å². The van der Waals surface area contributed by atoms with Crippen LogP contribution in [-0.4, -0.2) is 28.4 Å². The highest BCUT2D eigenvalue weighted by Crippen LogP contribution is 2.19. The number of alkyl halides is 3. The zero-order chi connectivity index (χ0) is 13.9. The van der Waals surface area contributed by atoms with Gasteiger partial charge in [-0.15, -0.1) is 0 Å². The minimum atomic E-state index is -4.29. The fraction of sp³-hybridized carbons (Fsp3) is 0.600. The van der Waals surface area contributed by atoms with Crippen molar-refractivity contribution in [3.8, 4) is 0 Å². The average Bonchev–Trinajstić information content (AvgIpc) is 2.53. The highest BCUT2D eigenvalue weighted by molar-refractivity contribution is 5.97. The van der Waals surface area contributed by atoms with E-state index in [1.807, 2.05) is 0 Å². The zero-order valence-electron chi connectivity index (χ0n) is 10.1. The lowest BCUT2D eigenvalue weighted by Crippen LogP contribution is -2.30. The number of carbonyl (C=O) groups excluding carboxylic acids is 1. The summed E-state index contributed by atoms with van der Waals surface area (Å²) in [6.45, 7) is 3.34. The molecule has 0 spiro atoms. The number of nitrogens with zero attached hydrogens (tertiary/aromatic N) is 2. The lowest BCUT2D eigenvalue weighted by atomic mass is 10.3. The Labute approximate surface area is 102 Å². The molecule has 0 aromatic carbocycles. The van der Waals surface area contributed by atoms with Gasteiger partial charge in [0.05, 0.1) is 17.8 Å². The molecule has 5 nitrogen and oxygen atoms in total. The number of carbonyl (C=O) groups is 1. The molecule has 1 amide bonds. The normalized spacial score (nSPS) is 11.6. The summed E-state index contributed by atoms with van der Waals surface area (Å²) < 4.78 is 37.2. The second kappa shape index (κ2) is 5.28. The van der Waals surface area contributed by atoms with Crippen molar-refractivity contribution in [1.29, 1.82) is 0 Å². The molecule has 3 N–H and O–H groups in total. The number of rotatable bonds is 4. The predicted octanol–water partition coefficient (Wildman–Crippen LogP) is 1.48. The van der Waals surface area contributed by atoms with E-state index in [-0.39, 0.29) is 11.4 Å². The summed E-state index contributed by atoms with van der Waals surface area (Å²) in [7, 11) is 0. The number of aryl methyl sites for hydroxylation is 2. The first kappa shape index (κ1) is 14.3. The van der Waals surface area contributed by atoms with Crippen LogP contribution in [0.4, 0.5) is 18.9 Å². The maximum atomic E-state index is 11.9. The van der Waals surface area contributed by atoms with Crippen LogP contribution in [0.2, 0.25) is 0 Å². The molecule has 0 bridgehead atoms. The number of amides is 1. The van der Waals surface area contributed by atoms with Gasteiger partial charge in [-0.25, -0.2) is 0 Å². The summed E-state index contributed by atoms with van der Waals surface area (Å²) in [5, 5.41) is 6.20. The van der Waals surface area contributed by atoms with Crippen molar-refractivity contribution in [3.05, 3.63) is 11.4 Å². The highest BCUT2D eigenvalue weighted by atomic mass is 19.4. The maximum Gasteiger partial charge on any atom is 0.390 e. The third kappa shape index (κ3) is 3.38. The third-order valence-electron chi connectivity index (χ3n) is 2.38. The molecular weight excluding hydrogens is 249 g/mol. The largest absolute Gasteiger partial charge is 0.395 e. The monoisotopic (exact) mass is 264 g/mol. The summed E-state index contributed by atoms with van der Waals surface area (Å²) in [4.78, 5) is 11.7. The molecule has 0 aliphatic carbocycles. The molecule has 18 heavy (non-hydrogen) atoms. The quantitative estimate of drug-likeness (QED) is 0.865. The van der Waals surface area contributed by atoms with Gasteiger partial charge in [0, 0.05) is 13.1 Å². The van der Waals surface area contributed by atoms with E-state index in [9.17, 15) is 18.0 Å². The smallest absolute Gasteiger partial charge is 0.390 e. The first-order valence-electron chi connectivity index (χ1n) is 5.44. The Morgan fingerprint density at radius 2 is 2.11 bits per heavy atom. The van der Waals surface area contributed by atoms with Crippen molar-refractivity contribution in [2.45, 2.75) is 33.0 Å². The van der Waals surface area contributed by atoms with Gasteiger partial charge < -0.3 is 11.1 Å². The number of aromatic nitrogens is 2. The summed E-state index contributed by atoms with van der Waals surface area (Å²) in [6.07, 6.45) is -5.36. The molecule has 0 saturated carbocycles. The second-order valence-electron chi connectivity index (χ2n) is 3.78. The topological polar surface area (TPSA) is 72.9 Å². The van der Waals surface area contributed by atoms with E-state index in [4.69, 9.17) is 5.73 Å². The molecule has 8 heteroatoms. The van der Waals surface area contributed by atoms with Crippen molar-refractivity contribution >= 4 is 11.6 Å². The lowest BCUT2D eigenvalue weighted by molar-refractivity contribution is -0.132. The van der Waals surface area contributed by atoms with E-state index in [0.29, 0.717) is 12.2 Å². The Kier molecular flexibility index (Phi) is 4.20. The molecule has 0 fully saturated rings. The van der Waals surface area contributed by atoms with Gasteiger partial charge in [0.25, 0.3) is 5.91 Å². The van der Waals surface area contributed by atoms with Crippen molar-refractivity contribution in [1.82, 2.24) is 15.1 Å². The van der Waals surface area contributed by atoms with Gasteiger partial charge in [-0.05, 0) is 13.8 Å². The Bertz CT molecular complexity index is 439. The van der Waals surface area contributed by atoms with Crippen molar-refractivity contribution in [3.63, 3.8) is 0 Å². The van der Waals surface area contributed by atoms with Gasteiger partial charge in [-0.2, -0.15) is 18.3 Å². The maximum absolute atomic E-state index is 11.9. The van der Waals surface area contributed by atoms with Crippen LogP contribution < -0.4 is 11.1 Å². The molecule has 0 saturated heterocycles. The minimum absolute atomic E-state index is 0.108. The number of hydrogen-bond acceptors (Lipinski definition) is 3. The fourth-order valence-corrected chi connectivity index (χ4v) is 1.47. The molecule has 0 atom stereocenters. The Hall–Kier alpha value is -1.73. The van der Waals surface area contributed by atoms with Crippen molar-refractivity contribution < 1.29 is 18.0 Å². The number of halogens is 3. The molecule has 0 aliphatic heterocycles. The molecule has 1 aromatic rings. The predicted molar refractivity (Wildman–Crippen MR) is 60.1 cm³/mol. The van der Waals surface area contributed by atoms with Gasteiger partial charge in [-0.1, -0.05) is 0 Å². The average molecular weight is 264 g/mol. The molecular formula is C10H15F3N4O. The van der Waals surface area contributed by atoms with Gasteiger partial charge in [0.2, 0.25) is 0 Å². The van der Waals surface area contributed by atoms with E-state index >= 15 is 0 Å². The summed E-state index contributed by atoms with van der Waals surface area (Å²) >= 11 is 0. The molecule has 0 aliphatic rings. The molecule has 1 rings (SSSR count). The standard InChI is InChI=1S/C10H15F3N4O/c1-3-17-8(7(14)6(2)16-17)9(18)15-5-4-10(11,12)13/h3-5,14H2,1-2H3,(H,15,18). The number of nitrogens with two attached hydrogens (primary N) is 1. The van der Waals surface area contributed by atoms with Gasteiger partial charge in [-0.3, -0.25) is 9.48 Å². The van der Waals surface area contributed by atoms with Gasteiger partial charge in [0.1, 0.15) is 5.69 Å².